The molecule has 0 bridgehead atoms. The summed E-state index contributed by atoms with van der Waals surface area (Å²) in [5.41, 5.74) is 1.31. The number of imidazole rings is 1. The van der Waals surface area contributed by atoms with E-state index in [0.29, 0.717) is 37.8 Å². The molecule has 1 aromatic heterocycles. The molecule has 11 heteroatoms. The average Bonchev–Trinajstić information content (AvgIpc) is 3.37. The van der Waals surface area contributed by atoms with E-state index in [0.717, 1.165) is 18.5 Å². The van der Waals surface area contributed by atoms with E-state index < -0.39 is 19.9 Å². The standard InChI is InChI=1S/C24H30N4O5S2/c1-19-3-6-23(17-24(19)35(31,32)26-11-2-13-28-14-12-25-18-28)34(29,30)22-7-4-20(5-8-22)27-21-9-15-33-16-10-21/h3-8,12,14,17-18,21,26-27H,2,9-11,13,15-16H2,1H3. The van der Waals surface area contributed by atoms with Crippen LogP contribution in [0.1, 0.15) is 24.8 Å². The van der Waals surface area contributed by atoms with Gasteiger partial charge in [0.25, 0.3) is 0 Å². The van der Waals surface area contributed by atoms with Crippen molar-refractivity contribution in [3.05, 3.63) is 66.7 Å². The zero-order valence-corrected chi connectivity index (χ0v) is 21.2. The van der Waals surface area contributed by atoms with Crippen molar-refractivity contribution >= 4 is 25.5 Å². The summed E-state index contributed by atoms with van der Waals surface area (Å²) >= 11 is 0. The van der Waals surface area contributed by atoms with Crippen LogP contribution < -0.4 is 10.0 Å². The van der Waals surface area contributed by atoms with E-state index in [1.807, 2.05) is 4.57 Å². The van der Waals surface area contributed by atoms with Crippen molar-refractivity contribution in [2.45, 2.75) is 53.5 Å². The molecule has 0 saturated carbocycles. The molecule has 2 N–H and O–H groups in total. The summed E-state index contributed by atoms with van der Waals surface area (Å²) in [4.78, 5) is 3.96. The highest BCUT2D eigenvalue weighted by molar-refractivity contribution is 7.91. The van der Waals surface area contributed by atoms with Crippen LogP contribution >= 0.6 is 0 Å². The molecule has 9 nitrogen and oxygen atoms in total. The first-order chi connectivity index (χ1) is 16.8. The fourth-order valence-electron chi connectivity index (χ4n) is 3.95. The topological polar surface area (TPSA) is 119 Å². The van der Waals surface area contributed by atoms with Gasteiger partial charge in [0, 0.05) is 50.4 Å². The first kappa shape index (κ1) is 25.4. The summed E-state index contributed by atoms with van der Waals surface area (Å²) in [7, 11) is -7.77. The largest absolute Gasteiger partial charge is 0.382 e. The summed E-state index contributed by atoms with van der Waals surface area (Å²) in [6.45, 7) is 3.91. The van der Waals surface area contributed by atoms with Gasteiger partial charge in [-0.25, -0.2) is 26.5 Å². The van der Waals surface area contributed by atoms with E-state index in [1.54, 1.807) is 49.9 Å². The van der Waals surface area contributed by atoms with E-state index in [9.17, 15) is 16.8 Å². The van der Waals surface area contributed by atoms with Gasteiger partial charge in [-0.3, -0.25) is 0 Å². The van der Waals surface area contributed by atoms with Crippen LogP contribution in [0.5, 0.6) is 0 Å². The monoisotopic (exact) mass is 518 g/mol. The number of nitrogens with zero attached hydrogens (tertiary/aromatic N) is 2. The SMILES string of the molecule is Cc1ccc(S(=O)(=O)c2ccc(NC3CCOCC3)cc2)cc1S(=O)(=O)NCCCn1ccnc1. The number of aromatic nitrogens is 2. The van der Waals surface area contributed by atoms with Gasteiger partial charge in [0.1, 0.15) is 0 Å². The molecule has 0 radical (unpaired) electrons. The van der Waals surface area contributed by atoms with E-state index in [-0.39, 0.29) is 21.2 Å². The average molecular weight is 519 g/mol. The van der Waals surface area contributed by atoms with Crippen molar-refractivity contribution in [1.29, 1.82) is 0 Å². The van der Waals surface area contributed by atoms with Gasteiger partial charge in [0.2, 0.25) is 19.9 Å². The fraction of sp³-hybridized carbons (Fsp3) is 0.375. The molecular formula is C24H30N4O5S2. The van der Waals surface area contributed by atoms with Gasteiger partial charge in [0.15, 0.2) is 0 Å². The van der Waals surface area contributed by atoms with Crippen LogP contribution in [0.3, 0.4) is 0 Å². The number of ether oxygens (including phenoxy) is 1. The number of rotatable bonds is 10. The molecule has 3 aromatic rings. The Balaban J connectivity index is 1.47. The zero-order valence-electron chi connectivity index (χ0n) is 19.6. The first-order valence-corrected chi connectivity index (χ1v) is 14.5. The molecule has 1 aliphatic heterocycles. The first-order valence-electron chi connectivity index (χ1n) is 11.5. The Morgan fingerprint density at radius 1 is 1.03 bits per heavy atom. The second kappa shape index (κ2) is 10.9. The Hall–Kier alpha value is -2.73. The van der Waals surface area contributed by atoms with Crippen LogP contribution in [0.2, 0.25) is 0 Å². The van der Waals surface area contributed by atoms with Gasteiger partial charge >= 0.3 is 0 Å². The second-order valence-corrected chi connectivity index (χ2v) is 12.2. The number of hydrogen-bond acceptors (Lipinski definition) is 7. The van der Waals surface area contributed by atoms with E-state index in [2.05, 4.69) is 15.0 Å². The van der Waals surface area contributed by atoms with Crippen LogP contribution in [-0.2, 0) is 31.1 Å². The number of nitrogens with one attached hydrogen (secondary N) is 2. The van der Waals surface area contributed by atoms with E-state index in [4.69, 9.17) is 4.74 Å². The lowest BCUT2D eigenvalue weighted by Crippen LogP contribution is -2.27. The van der Waals surface area contributed by atoms with E-state index >= 15 is 0 Å². The highest BCUT2D eigenvalue weighted by atomic mass is 32.2. The number of sulfone groups is 1. The Labute approximate surface area is 206 Å². The highest BCUT2D eigenvalue weighted by Gasteiger charge is 2.23. The summed E-state index contributed by atoms with van der Waals surface area (Å²) in [6.07, 6.45) is 7.51. The number of anilines is 1. The lowest BCUT2D eigenvalue weighted by Gasteiger charge is -2.24. The molecular weight excluding hydrogens is 488 g/mol. The summed E-state index contributed by atoms with van der Waals surface area (Å²) in [5, 5.41) is 3.40. The third kappa shape index (κ3) is 6.29. The van der Waals surface area contributed by atoms with Crippen molar-refractivity contribution in [3.63, 3.8) is 0 Å². The Morgan fingerprint density at radius 2 is 1.74 bits per heavy atom. The quantitative estimate of drug-likeness (QED) is 0.396. The van der Waals surface area contributed by atoms with Crippen molar-refractivity contribution in [2.75, 3.05) is 25.1 Å². The van der Waals surface area contributed by atoms with Crippen LogP contribution in [0.15, 0.2) is 75.9 Å². The Bertz CT molecular complexity index is 1330. The maximum Gasteiger partial charge on any atom is 0.240 e. The van der Waals surface area contributed by atoms with Crippen LogP contribution in [0.25, 0.3) is 0 Å². The molecule has 1 saturated heterocycles. The van der Waals surface area contributed by atoms with Gasteiger partial charge in [-0.1, -0.05) is 6.07 Å². The molecule has 4 rings (SSSR count). The molecule has 1 aliphatic rings. The summed E-state index contributed by atoms with van der Waals surface area (Å²) < 4.78 is 62.1. The maximum absolute atomic E-state index is 13.3. The smallest absolute Gasteiger partial charge is 0.240 e. The van der Waals surface area contributed by atoms with Crippen LogP contribution in [0, 0.1) is 6.92 Å². The normalized spacial score (nSPS) is 15.2. The molecule has 1 fully saturated rings. The van der Waals surface area contributed by atoms with Crippen molar-refractivity contribution in [2.24, 2.45) is 0 Å². The van der Waals surface area contributed by atoms with Gasteiger partial charge in [-0.05, 0) is 68.1 Å². The molecule has 0 aliphatic carbocycles. The predicted octanol–water partition coefficient (Wildman–Crippen LogP) is 2.98. The number of hydrogen-bond donors (Lipinski definition) is 2. The van der Waals surface area contributed by atoms with Gasteiger partial charge < -0.3 is 14.6 Å². The minimum Gasteiger partial charge on any atom is -0.382 e. The van der Waals surface area contributed by atoms with Gasteiger partial charge in [0.05, 0.1) is 21.0 Å². The van der Waals surface area contributed by atoms with Crippen molar-refractivity contribution in [1.82, 2.24) is 14.3 Å². The molecule has 2 heterocycles. The van der Waals surface area contributed by atoms with Crippen molar-refractivity contribution in [3.8, 4) is 0 Å². The minimum atomic E-state index is -3.89. The van der Waals surface area contributed by atoms with Gasteiger partial charge in [-0.15, -0.1) is 0 Å². The maximum atomic E-state index is 13.3. The number of benzene rings is 2. The molecule has 0 amide bonds. The molecule has 2 aromatic carbocycles. The fourth-order valence-corrected chi connectivity index (χ4v) is 6.65. The predicted molar refractivity (Wildman–Crippen MR) is 133 cm³/mol. The highest BCUT2D eigenvalue weighted by Crippen LogP contribution is 2.27. The number of sulfonamides is 1. The Kier molecular flexibility index (Phi) is 7.90. The van der Waals surface area contributed by atoms with Crippen LogP contribution in [0.4, 0.5) is 5.69 Å². The Morgan fingerprint density at radius 3 is 2.43 bits per heavy atom. The molecule has 0 spiro atoms. The summed E-state index contributed by atoms with van der Waals surface area (Å²) in [6, 6.07) is 11.0. The van der Waals surface area contributed by atoms with Crippen molar-refractivity contribution < 1.29 is 21.6 Å². The zero-order chi connectivity index (χ0) is 24.9. The molecule has 0 unspecified atom stereocenters. The molecule has 0 atom stereocenters. The van der Waals surface area contributed by atoms with E-state index in [1.165, 1.54) is 18.2 Å². The molecule has 188 valence electrons. The summed E-state index contributed by atoms with van der Waals surface area (Å²) in [5.74, 6) is 0. The number of aryl methyl sites for hydroxylation is 2. The lowest BCUT2D eigenvalue weighted by atomic mass is 10.1. The second-order valence-electron chi connectivity index (χ2n) is 8.54. The van der Waals surface area contributed by atoms with Crippen LogP contribution in [-0.4, -0.2) is 52.2 Å². The lowest BCUT2D eigenvalue weighted by molar-refractivity contribution is 0.0904. The third-order valence-corrected chi connectivity index (χ3v) is 9.33. The third-order valence-electron chi connectivity index (χ3n) is 5.96. The minimum absolute atomic E-state index is 0.0426. The van der Waals surface area contributed by atoms with Gasteiger partial charge in [-0.2, -0.15) is 0 Å². The molecule has 35 heavy (non-hydrogen) atoms.